The highest BCUT2D eigenvalue weighted by molar-refractivity contribution is 5.91. The smallest absolute Gasteiger partial charge is 0.317 e. The van der Waals surface area contributed by atoms with Crippen molar-refractivity contribution >= 4 is 11.9 Å². The van der Waals surface area contributed by atoms with Crippen LogP contribution in [-0.4, -0.2) is 42.0 Å². The van der Waals surface area contributed by atoms with Crippen molar-refractivity contribution in [2.75, 3.05) is 13.1 Å². The van der Waals surface area contributed by atoms with Gasteiger partial charge in [-0.1, -0.05) is 19.3 Å². The molecule has 0 atom stereocenters. The van der Waals surface area contributed by atoms with Crippen LogP contribution in [-0.2, 0) is 6.61 Å². The maximum atomic E-state index is 12.9. The molecule has 2 N–H and O–H groups in total. The molecule has 0 spiro atoms. The Morgan fingerprint density at radius 2 is 1.62 bits per heavy atom. The van der Waals surface area contributed by atoms with E-state index in [4.69, 9.17) is 9.15 Å². The van der Waals surface area contributed by atoms with E-state index >= 15 is 0 Å². The van der Waals surface area contributed by atoms with E-state index in [2.05, 4.69) is 10.6 Å². The molecule has 1 saturated heterocycles. The van der Waals surface area contributed by atoms with Crippen LogP contribution in [0.5, 0.6) is 5.75 Å². The van der Waals surface area contributed by atoms with E-state index in [-0.39, 0.29) is 36.2 Å². The average molecular weight is 444 g/mol. The molecule has 172 valence electrons. The van der Waals surface area contributed by atoms with Crippen LogP contribution in [0.25, 0.3) is 0 Å². The second-order valence-electron chi connectivity index (χ2n) is 8.53. The number of rotatable bonds is 6. The topological polar surface area (TPSA) is 83.8 Å². The summed E-state index contributed by atoms with van der Waals surface area (Å²) in [6, 6.07) is 9.34. The van der Waals surface area contributed by atoms with Crippen LogP contribution in [0, 0.1) is 5.82 Å². The van der Waals surface area contributed by atoms with Gasteiger partial charge in [-0.3, -0.25) is 4.79 Å². The molecular formula is C24H30FN3O4. The second kappa shape index (κ2) is 10.5. The van der Waals surface area contributed by atoms with Crippen LogP contribution in [0.2, 0.25) is 0 Å². The summed E-state index contributed by atoms with van der Waals surface area (Å²) in [6.07, 6.45) is 7.19. The standard InChI is InChI=1S/C24H30FN3O4/c25-17-6-8-20(9-7-17)31-16-21-10-11-22(32-21)23(29)26-19-12-14-28(15-13-19)24(30)27-18-4-2-1-3-5-18/h6-11,18-19H,1-5,12-16H2,(H,26,29)(H,27,30). The fraction of sp³-hybridized carbons (Fsp3) is 0.500. The van der Waals surface area contributed by atoms with Gasteiger partial charge in [0.2, 0.25) is 0 Å². The van der Waals surface area contributed by atoms with E-state index in [0.717, 1.165) is 12.8 Å². The van der Waals surface area contributed by atoms with E-state index in [9.17, 15) is 14.0 Å². The lowest BCUT2D eigenvalue weighted by molar-refractivity contribution is 0.0885. The van der Waals surface area contributed by atoms with Gasteiger partial charge in [-0.15, -0.1) is 0 Å². The van der Waals surface area contributed by atoms with Crippen molar-refractivity contribution < 1.29 is 23.1 Å². The molecule has 2 fully saturated rings. The third-order valence-electron chi connectivity index (χ3n) is 6.13. The minimum absolute atomic E-state index is 0.00486. The van der Waals surface area contributed by atoms with Crippen LogP contribution in [0.3, 0.4) is 0 Å². The first-order valence-electron chi connectivity index (χ1n) is 11.4. The molecular weight excluding hydrogens is 413 g/mol. The zero-order valence-electron chi connectivity index (χ0n) is 18.1. The first kappa shape index (κ1) is 22.2. The zero-order chi connectivity index (χ0) is 22.3. The van der Waals surface area contributed by atoms with Gasteiger partial charge in [-0.2, -0.15) is 0 Å². The van der Waals surface area contributed by atoms with Crippen LogP contribution >= 0.6 is 0 Å². The van der Waals surface area contributed by atoms with E-state index in [1.807, 2.05) is 4.90 Å². The fourth-order valence-corrected chi connectivity index (χ4v) is 4.26. The van der Waals surface area contributed by atoms with Crippen molar-refractivity contribution in [2.24, 2.45) is 0 Å². The number of nitrogens with one attached hydrogen (secondary N) is 2. The summed E-state index contributed by atoms with van der Waals surface area (Å²) in [5.41, 5.74) is 0. The van der Waals surface area contributed by atoms with Crippen molar-refractivity contribution in [3.63, 3.8) is 0 Å². The Labute approximate surface area is 187 Å². The number of ether oxygens (including phenoxy) is 1. The van der Waals surface area contributed by atoms with Gasteiger partial charge in [-0.05, 0) is 62.1 Å². The monoisotopic (exact) mass is 443 g/mol. The summed E-state index contributed by atoms with van der Waals surface area (Å²) >= 11 is 0. The highest BCUT2D eigenvalue weighted by Crippen LogP contribution is 2.19. The van der Waals surface area contributed by atoms with Crippen LogP contribution in [0.4, 0.5) is 9.18 Å². The van der Waals surface area contributed by atoms with Crippen molar-refractivity contribution in [3.8, 4) is 5.75 Å². The highest BCUT2D eigenvalue weighted by Gasteiger charge is 2.26. The molecule has 4 rings (SSSR count). The number of hydrogen-bond acceptors (Lipinski definition) is 4. The number of furan rings is 1. The Kier molecular flexibility index (Phi) is 7.29. The second-order valence-corrected chi connectivity index (χ2v) is 8.53. The Balaban J connectivity index is 1.19. The summed E-state index contributed by atoms with van der Waals surface area (Å²) in [6.45, 7) is 1.39. The quantitative estimate of drug-likeness (QED) is 0.700. The summed E-state index contributed by atoms with van der Waals surface area (Å²) in [7, 11) is 0. The van der Waals surface area contributed by atoms with Gasteiger partial charge in [0.1, 0.15) is 23.9 Å². The Morgan fingerprint density at radius 3 is 2.34 bits per heavy atom. The lowest BCUT2D eigenvalue weighted by Crippen LogP contribution is -2.51. The maximum Gasteiger partial charge on any atom is 0.317 e. The van der Waals surface area contributed by atoms with Crippen LogP contribution in [0.1, 0.15) is 61.3 Å². The lowest BCUT2D eigenvalue weighted by Gasteiger charge is -2.34. The van der Waals surface area contributed by atoms with E-state index in [1.165, 1.54) is 43.5 Å². The van der Waals surface area contributed by atoms with Crippen LogP contribution in [0.15, 0.2) is 40.8 Å². The number of halogens is 1. The van der Waals surface area contributed by atoms with Gasteiger partial charge in [0.25, 0.3) is 5.91 Å². The maximum absolute atomic E-state index is 12.9. The van der Waals surface area contributed by atoms with Gasteiger partial charge in [-0.25, -0.2) is 9.18 Å². The third-order valence-corrected chi connectivity index (χ3v) is 6.13. The van der Waals surface area contributed by atoms with Gasteiger partial charge < -0.3 is 24.7 Å². The molecule has 1 saturated carbocycles. The van der Waals surface area contributed by atoms with Crippen molar-refractivity contribution in [1.82, 2.24) is 15.5 Å². The van der Waals surface area contributed by atoms with Crippen molar-refractivity contribution in [1.29, 1.82) is 0 Å². The minimum Gasteiger partial charge on any atom is -0.486 e. The van der Waals surface area contributed by atoms with Gasteiger partial charge >= 0.3 is 6.03 Å². The number of carbonyl (C=O) groups excluding carboxylic acids is 2. The van der Waals surface area contributed by atoms with Crippen LogP contribution < -0.4 is 15.4 Å². The molecule has 8 heteroatoms. The molecule has 0 radical (unpaired) electrons. The minimum atomic E-state index is -0.329. The lowest BCUT2D eigenvalue weighted by atomic mass is 9.95. The Hall–Kier alpha value is -3.03. The highest BCUT2D eigenvalue weighted by atomic mass is 19.1. The number of hydrogen-bond donors (Lipinski definition) is 2. The molecule has 2 heterocycles. The molecule has 1 aliphatic heterocycles. The average Bonchev–Trinajstić information content (AvgIpc) is 3.29. The largest absolute Gasteiger partial charge is 0.486 e. The number of amides is 3. The molecule has 3 amide bonds. The summed E-state index contributed by atoms with van der Waals surface area (Å²) < 4.78 is 24.1. The molecule has 32 heavy (non-hydrogen) atoms. The van der Waals surface area contributed by atoms with Gasteiger partial charge in [0, 0.05) is 25.2 Å². The number of nitrogens with zero attached hydrogens (tertiary/aromatic N) is 1. The van der Waals surface area contributed by atoms with Crippen molar-refractivity contribution in [3.05, 3.63) is 53.7 Å². The zero-order valence-corrected chi connectivity index (χ0v) is 18.1. The molecule has 1 aromatic carbocycles. The fourth-order valence-electron chi connectivity index (χ4n) is 4.26. The number of likely N-dealkylation sites (tertiary alicyclic amines) is 1. The molecule has 1 aliphatic carbocycles. The molecule has 7 nitrogen and oxygen atoms in total. The third kappa shape index (κ3) is 6.02. The first-order chi connectivity index (χ1) is 15.6. The summed E-state index contributed by atoms with van der Waals surface area (Å²) in [5, 5.41) is 6.15. The Bertz CT molecular complexity index is 900. The molecule has 2 aromatic rings. The summed E-state index contributed by atoms with van der Waals surface area (Å²) in [4.78, 5) is 26.9. The Morgan fingerprint density at radius 1 is 0.938 bits per heavy atom. The van der Waals surface area contributed by atoms with Gasteiger partial charge in [0.15, 0.2) is 5.76 Å². The first-order valence-corrected chi connectivity index (χ1v) is 11.4. The molecule has 1 aromatic heterocycles. The normalized spacial score (nSPS) is 17.7. The predicted octanol–water partition coefficient (Wildman–Crippen LogP) is 4.23. The van der Waals surface area contributed by atoms with Crippen molar-refractivity contribution in [2.45, 2.75) is 63.6 Å². The summed E-state index contributed by atoms with van der Waals surface area (Å²) in [5.74, 6) is 0.648. The number of piperidine rings is 1. The van der Waals surface area contributed by atoms with E-state index in [0.29, 0.717) is 43.5 Å². The molecule has 0 unspecified atom stereocenters. The van der Waals surface area contributed by atoms with E-state index in [1.54, 1.807) is 12.1 Å². The molecule has 0 bridgehead atoms. The van der Waals surface area contributed by atoms with Gasteiger partial charge in [0.05, 0.1) is 0 Å². The number of carbonyl (C=O) groups is 2. The SMILES string of the molecule is O=C(NC1CCN(C(=O)NC2CCCCC2)CC1)c1ccc(COc2ccc(F)cc2)o1. The predicted molar refractivity (Wildman–Crippen MR) is 117 cm³/mol. The van der Waals surface area contributed by atoms with E-state index < -0.39 is 0 Å². The molecule has 2 aliphatic rings. The number of urea groups is 1. The number of benzene rings is 1.